The van der Waals surface area contributed by atoms with Crippen molar-refractivity contribution >= 4 is 28.9 Å². The molecule has 4 nitrogen and oxygen atoms in total. The molecule has 0 radical (unpaired) electrons. The van der Waals surface area contributed by atoms with Crippen LogP contribution in [0.25, 0.3) is 22.3 Å². The Morgan fingerprint density at radius 3 is 2.29 bits per heavy atom. The summed E-state index contributed by atoms with van der Waals surface area (Å²) in [4.78, 5) is 0. The number of fused-ring (bicyclic) bond motifs is 3. The lowest BCUT2D eigenvalue weighted by Crippen LogP contribution is -2.06. The Morgan fingerprint density at radius 1 is 0.929 bits per heavy atom. The first-order valence-electron chi connectivity index (χ1n) is 8.83. The predicted octanol–water partition coefficient (Wildman–Crippen LogP) is 5.29. The first-order chi connectivity index (χ1) is 13.5. The molecule has 3 aromatic carbocycles. The van der Waals surface area contributed by atoms with E-state index in [4.69, 9.17) is 44.1 Å². The third kappa shape index (κ3) is 2.89. The molecule has 0 bridgehead atoms. The normalized spacial score (nSPS) is 11.9. The molecule has 4 rings (SSSR count). The zero-order chi connectivity index (χ0) is 20.0. The van der Waals surface area contributed by atoms with Gasteiger partial charge >= 0.3 is 0 Å². The van der Waals surface area contributed by atoms with Crippen LogP contribution in [0.1, 0.15) is 16.7 Å². The fraction of sp³-hybridized carbons (Fsp3) is 0.182. The minimum absolute atomic E-state index is 0.316. The molecule has 0 fully saturated rings. The monoisotopic (exact) mass is 414 g/mol. The SMILES string of the molecule is COc1cc2c(cc1OC)-c1cc(N)c(CN)c(-c3ccc(Cl)cc3Cl)c1C2. The summed E-state index contributed by atoms with van der Waals surface area (Å²) in [5.41, 5.74) is 20.3. The highest BCUT2D eigenvalue weighted by Gasteiger charge is 2.28. The number of nitrogen functional groups attached to an aromatic ring is 1. The number of halogens is 2. The van der Waals surface area contributed by atoms with E-state index in [9.17, 15) is 0 Å². The number of anilines is 1. The van der Waals surface area contributed by atoms with Crippen LogP contribution in [0.4, 0.5) is 5.69 Å². The van der Waals surface area contributed by atoms with Crippen LogP contribution in [0.2, 0.25) is 10.0 Å². The summed E-state index contributed by atoms with van der Waals surface area (Å²) in [6.07, 6.45) is 0.729. The number of hydrogen-bond donors (Lipinski definition) is 2. The van der Waals surface area contributed by atoms with Gasteiger partial charge in [-0.25, -0.2) is 0 Å². The molecule has 0 atom stereocenters. The van der Waals surface area contributed by atoms with Crippen LogP contribution in [0.5, 0.6) is 11.5 Å². The second kappa shape index (κ2) is 7.21. The van der Waals surface area contributed by atoms with E-state index in [0.29, 0.717) is 33.8 Å². The van der Waals surface area contributed by atoms with Gasteiger partial charge in [0.05, 0.1) is 14.2 Å². The van der Waals surface area contributed by atoms with E-state index in [1.165, 1.54) is 0 Å². The summed E-state index contributed by atoms with van der Waals surface area (Å²) in [5, 5.41) is 1.16. The molecule has 0 aromatic heterocycles. The number of hydrogen-bond acceptors (Lipinski definition) is 4. The summed E-state index contributed by atoms with van der Waals surface area (Å²) in [6.45, 7) is 0.316. The largest absolute Gasteiger partial charge is 0.493 e. The Morgan fingerprint density at radius 2 is 1.64 bits per heavy atom. The van der Waals surface area contributed by atoms with Gasteiger partial charge in [0, 0.05) is 27.8 Å². The second-order valence-corrected chi connectivity index (χ2v) is 7.56. The fourth-order valence-corrected chi connectivity index (χ4v) is 4.46. The van der Waals surface area contributed by atoms with Crippen LogP contribution in [-0.4, -0.2) is 14.2 Å². The molecule has 28 heavy (non-hydrogen) atoms. The Hall–Kier alpha value is -2.40. The highest BCUT2D eigenvalue weighted by molar-refractivity contribution is 6.36. The Kier molecular flexibility index (Phi) is 4.88. The topological polar surface area (TPSA) is 70.5 Å². The lowest BCUT2D eigenvalue weighted by molar-refractivity contribution is 0.355. The van der Waals surface area contributed by atoms with Gasteiger partial charge in [-0.3, -0.25) is 0 Å². The van der Waals surface area contributed by atoms with Crippen molar-refractivity contribution in [2.45, 2.75) is 13.0 Å². The molecule has 1 aliphatic carbocycles. The van der Waals surface area contributed by atoms with Crippen molar-refractivity contribution in [2.24, 2.45) is 5.73 Å². The maximum Gasteiger partial charge on any atom is 0.161 e. The first-order valence-corrected chi connectivity index (χ1v) is 9.59. The number of rotatable bonds is 4. The minimum Gasteiger partial charge on any atom is -0.493 e. The number of nitrogens with two attached hydrogens (primary N) is 2. The van der Waals surface area contributed by atoms with Crippen molar-refractivity contribution in [2.75, 3.05) is 20.0 Å². The van der Waals surface area contributed by atoms with Crippen LogP contribution in [0.15, 0.2) is 36.4 Å². The lowest BCUT2D eigenvalue weighted by atomic mass is 9.89. The van der Waals surface area contributed by atoms with Crippen molar-refractivity contribution < 1.29 is 9.47 Å². The van der Waals surface area contributed by atoms with E-state index in [1.54, 1.807) is 20.3 Å². The molecule has 0 heterocycles. The molecule has 6 heteroatoms. The summed E-state index contributed by atoms with van der Waals surface area (Å²) in [6, 6.07) is 11.5. The van der Waals surface area contributed by atoms with Gasteiger partial charge in [-0.2, -0.15) is 0 Å². The highest BCUT2D eigenvalue weighted by Crippen LogP contribution is 2.49. The summed E-state index contributed by atoms with van der Waals surface area (Å²) >= 11 is 12.7. The van der Waals surface area contributed by atoms with Crippen LogP contribution in [-0.2, 0) is 13.0 Å². The van der Waals surface area contributed by atoms with E-state index in [1.807, 2.05) is 30.3 Å². The van der Waals surface area contributed by atoms with Gasteiger partial charge in [-0.05, 0) is 70.1 Å². The molecule has 0 spiro atoms. The van der Waals surface area contributed by atoms with Crippen molar-refractivity contribution in [1.29, 1.82) is 0 Å². The van der Waals surface area contributed by atoms with E-state index >= 15 is 0 Å². The van der Waals surface area contributed by atoms with Crippen LogP contribution in [0.3, 0.4) is 0 Å². The quantitative estimate of drug-likeness (QED) is 0.445. The molecule has 0 saturated carbocycles. The minimum atomic E-state index is 0.316. The highest BCUT2D eigenvalue weighted by atomic mass is 35.5. The maximum absolute atomic E-state index is 6.55. The van der Waals surface area contributed by atoms with E-state index in [2.05, 4.69) is 0 Å². The van der Waals surface area contributed by atoms with Crippen LogP contribution >= 0.6 is 23.2 Å². The standard InChI is InChI=1S/C22H20Cl2N2O2/c1-27-20-6-11-5-16-15(14(11)9-21(20)28-2)8-19(26)17(10-25)22(16)13-4-3-12(23)7-18(13)24/h3-4,6-9H,5,10,25-26H2,1-2H3. The van der Waals surface area contributed by atoms with Crippen molar-refractivity contribution in [1.82, 2.24) is 0 Å². The van der Waals surface area contributed by atoms with Gasteiger partial charge in [0.2, 0.25) is 0 Å². The van der Waals surface area contributed by atoms with E-state index < -0.39 is 0 Å². The Balaban J connectivity index is 2.01. The molecule has 0 saturated heterocycles. The Labute approximate surface area is 174 Å². The van der Waals surface area contributed by atoms with Gasteiger partial charge in [0.1, 0.15) is 0 Å². The smallest absolute Gasteiger partial charge is 0.161 e. The van der Waals surface area contributed by atoms with Crippen molar-refractivity contribution in [3.63, 3.8) is 0 Å². The lowest BCUT2D eigenvalue weighted by Gasteiger charge is -2.18. The molecule has 144 valence electrons. The zero-order valence-corrected chi connectivity index (χ0v) is 17.1. The number of ether oxygens (including phenoxy) is 2. The molecule has 0 aliphatic heterocycles. The first kappa shape index (κ1) is 18.9. The van der Waals surface area contributed by atoms with E-state index in [-0.39, 0.29) is 0 Å². The van der Waals surface area contributed by atoms with E-state index in [0.717, 1.165) is 45.4 Å². The van der Waals surface area contributed by atoms with Crippen molar-refractivity contribution in [3.8, 4) is 33.8 Å². The van der Waals surface area contributed by atoms with Gasteiger partial charge < -0.3 is 20.9 Å². The number of benzene rings is 3. The third-order valence-electron chi connectivity index (χ3n) is 5.25. The molecular weight excluding hydrogens is 395 g/mol. The molecule has 0 amide bonds. The zero-order valence-electron chi connectivity index (χ0n) is 15.6. The van der Waals surface area contributed by atoms with Crippen molar-refractivity contribution in [3.05, 3.63) is 63.1 Å². The molecule has 0 unspecified atom stereocenters. The van der Waals surface area contributed by atoms with Crippen LogP contribution < -0.4 is 20.9 Å². The molecule has 1 aliphatic rings. The summed E-state index contributed by atoms with van der Waals surface area (Å²) < 4.78 is 11.0. The fourth-order valence-electron chi connectivity index (χ4n) is 3.96. The predicted molar refractivity (Wildman–Crippen MR) is 116 cm³/mol. The molecule has 3 aromatic rings. The number of methoxy groups -OCH3 is 2. The van der Waals surface area contributed by atoms with Gasteiger partial charge in [0.25, 0.3) is 0 Å². The average molecular weight is 415 g/mol. The van der Waals surface area contributed by atoms with Gasteiger partial charge in [0.15, 0.2) is 11.5 Å². The van der Waals surface area contributed by atoms with Gasteiger partial charge in [-0.15, -0.1) is 0 Å². The maximum atomic E-state index is 6.55. The second-order valence-electron chi connectivity index (χ2n) is 6.71. The molecular formula is C22H20Cl2N2O2. The Bertz CT molecular complexity index is 1100. The summed E-state index contributed by atoms with van der Waals surface area (Å²) in [7, 11) is 3.26. The summed E-state index contributed by atoms with van der Waals surface area (Å²) in [5.74, 6) is 1.38. The average Bonchev–Trinajstić information content (AvgIpc) is 3.03. The van der Waals surface area contributed by atoms with Crippen LogP contribution in [0, 0.1) is 0 Å². The third-order valence-corrected chi connectivity index (χ3v) is 5.80. The van der Waals surface area contributed by atoms with Gasteiger partial charge in [-0.1, -0.05) is 29.3 Å². The molecule has 4 N–H and O–H groups in total.